The molecule has 0 heterocycles. The molecule has 0 aromatic heterocycles. The van der Waals surface area contributed by atoms with Crippen molar-refractivity contribution in [1.29, 1.82) is 0 Å². The van der Waals surface area contributed by atoms with E-state index in [0.717, 1.165) is 30.6 Å². The third-order valence-electron chi connectivity index (χ3n) is 3.26. The first kappa shape index (κ1) is 18.5. The van der Waals surface area contributed by atoms with Gasteiger partial charge in [-0.15, -0.1) is 13.2 Å². The number of ether oxygens (including phenoxy) is 2. The minimum Gasteiger partial charge on any atom is -0.494 e. The summed E-state index contributed by atoms with van der Waals surface area (Å²) >= 11 is 5.86. The van der Waals surface area contributed by atoms with Crippen LogP contribution in [0.4, 0.5) is 13.2 Å². The second-order valence-electron chi connectivity index (χ2n) is 5.13. The van der Waals surface area contributed by atoms with Gasteiger partial charge in [-0.3, -0.25) is 0 Å². The summed E-state index contributed by atoms with van der Waals surface area (Å²) in [5, 5.41) is -0.0988. The molecule has 0 saturated heterocycles. The molecule has 2 nitrogen and oxygen atoms in total. The third-order valence-corrected chi connectivity index (χ3v) is 3.55. The molecule has 129 valence electrons. The SMILES string of the molecule is [CH2]CCCCOc1ccc(-c2ccc(OC(F)(F)F)c(Cl)c2)cc1. The van der Waals surface area contributed by atoms with Gasteiger partial charge in [0, 0.05) is 0 Å². The molecule has 0 bridgehead atoms. The Hall–Kier alpha value is -1.88. The molecule has 0 aliphatic heterocycles. The number of rotatable bonds is 7. The lowest BCUT2D eigenvalue weighted by molar-refractivity contribution is -0.274. The van der Waals surface area contributed by atoms with Gasteiger partial charge in [0.05, 0.1) is 11.6 Å². The summed E-state index contributed by atoms with van der Waals surface area (Å²) in [6.07, 6.45) is -1.92. The summed E-state index contributed by atoms with van der Waals surface area (Å²) < 4.78 is 46.2. The molecule has 2 rings (SSSR count). The van der Waals surface area contributed by atoms with Gasteiger partial charge in [0.15, 0.2) is 0 Å². The number of unbranched alkanes of at least 4 members (excludes halogenated alkanes) is 2. The molecule has 0 saturated carbocycles. The first-order valence-corrected chi connectivity index (χ1v) is 7.84. The Labute approximate surface area is 144 Å². The molecule has 0 unspecified atom stereocenters. The van der Waals surface area contributed by atoms with E-state index in [4.69, 9.17) is 16.3 Å². The second-order valence-corrected chi connectivity index (χ2v) is 5.53. The molecule has 0 spiro atoms. The van der Waals surface area contributed by atoms with E-state index >= 15 is 0 Å². The van der Waals surface area contributed by atoms with E-state index in [-0.39, 0.29) is 5.02 Å². The van der Waals surface area contributed by atoms with Gasteiger partial charge < -0.3 is 9.47 Å². The summed E-state index contributed by atoms with van der Waals surface area (Å²) in [4.78, 5) is 0. The summed E-state index contributed by atoms with van der Waals surface area (Å²) in [7, 11) is 0. The van der Waals surface area contributed by atoms with E-state index in [0.29, 0.717) is 12.2 Å². The van der Waals surface area contributed by atoms with Crippen molar-refractivity contribution in [3.63, 3.8) is 0 Å². The van der Waals surface area contributed by atoms with Crippen LogP contribution >= 0.6 is 11.6 Å². The molecule has 0 N–H and O–H groups in total. The van der Waals surface area contributed by atoms with Gasteiger partial charge in [-0.25, -0.2) is 0 Å². The summed E-state index contributed by atoms with van der Waals surface area (Å²) in [5.74, 6) is 0.323. The number of hydrogen-bond donors (Lipinski definition) is 0. The van der Waals surface area contributed by atoms with E-state index in [1.165, 1.54) is 18.2 Å². The molecule has 0 aliphatic carbocycles. The number of alkyl halides is 3. The minimum atomic E-state index is -4.77. The predicted molar refractivity (Wildman–Crippen MR) is 88.3 cm³/mol. The highest BCUT2D eigenvalue weighted by Crippen LogP contribution is 2.34. The third kappa shape index (κ3) is 5.64. The molecule has 2 aromatic carbocycles. The Bertz CT molecular complexity index is 654. The van der Waals surface area contributed by atoms with Gasteiger partial charge in [0.1, 0.15) is 11.5 Å². The summed E-state index contributed by atoms with van der Waals surface area (Å²) in [6, 6.07) is 11.4. The minimum absolute atomic E-state index is 0.0988. The van der Waals surface area contributed by atoms with Gasteiger partial charge in [-0.2, -0.15) is 0 Å². The molecule has 0 amide bonds. The largest absolute Gasteiger partial charge is 0.573 e. The van der Waals surface area contributed by atoms with Gasteiger partial charge in [0.2, 0.25) is 0 Å². The van der Waals surface area contributed by atoms with Crippen LogP contribution in [0.5, 0.6) is 11.5 Å². The molecular formula is C18H17ClF3O2. The molecule has 1 radical (unpaired) electrons. The van der Waals surface area contributed by atoms with Crippen molar-refractivity contribution in [2.24, 2.45) is 0 Å². The Morgan fingerprint density at radius 1 is 0.958 bits per heavy atom. The van der Waals surface area contributed by atoms with Crippen molar-refractivity contribution in [1.82, 2.24) is 0 Å². The molecular weight excluding hydrogens is 341 g/mol. The standard InChI is InChI=1S/C18H17ClF3O2/c1-2-3-4-11-23-15-8-5-13(6-9-15)14-7-10-17(16(19)12-14)24-18(20,21)22/h5-10,12H,1-4,11H2. The lowest BCUT2D eigenvalue weighted by atomic mass is 10.1. The zero-order valence-corrected chi connectivity index (χ0v) is 13.7. The van der Waals surface area contributed by atoms with Crippen molar-refractivity contribution < 1.29 is 22.6 Å². The van der Waals surface area contributed by atoms with E-state index in [2.05, 4.69) is 11.7 Å². The normalized spacial score (nSPS) is 11.4. The Kier molecular flexibility index (Phi) is 6.37. The smallest absolute Gasteiger partial charge is 0.494 e. The van der Waals surface area contributed by atoms with Crippen LogP contribution in [0.15, 0.2) is 42.5 Å². The highest BCUT2D eigenvalue weighted by molar-refractivity contribution is 6.32. The maximum Gasteiger partial charge on any atom is 0.573 e. The van der Waals surface area contributed by atoms with Crippen LogP contribution in [0.3, 0.4) is 0 Å². The van der Waals surface area contributed by atoms with Crippen LogP contribution in [0.25, 0.3) is 11.1 Å². The molecule has 2 aromatic rings. The zero-order valence-electron chi connectivity index (χ0n) is 12.9. The Morgan fingerprint density at radius 2 is 1.62 bits per heavy atom. The number of benzene rings is 2. The predicted octanol–water partition coefficient (Wildman–Crippen LogP) is 6.29. The summed E-state index contributed by atoms with van der Waals surface area (Å²) in [6.45, 7) is 4.40. The van der Waals surface area contributed by atoms with Gasteiger partial charge in [-0.05, 0) is 41.8 Å². The van der Waals surface area contributed by atoms with Crippen molar-refractivity contribution in [3.8, 4) is 22.6 Å². The second kappa shape index (κ2) is 8.29. The van der Waals surface area contributed by atoms with Gasteiger partial charge in [0.25, 0.3) is 0 Å². The topological polar surface area (TPSA) is 18.5 Å². The molecule has 6 heteroatoms. The quantitative estimate of drug-likeness (QED) is 0.542. The zero-order chi connectivity index (χ0) is 17.6. The van der Waals surface area contributed by atoms with Crippen LogP contribution in [0.2, 0.25) is 5.02 Å². The number of hydrogen-bond acceptors (Lipinski definition) is 2. The molecule has 24 heavy (non-hydrogen) atoms. The molecule has 0 fully saturated rings. The Balaban J connectivity index is 2.05. The Morgan fingerprint density at radius 3 is 2.21 bits per heavy atom. The monoisotopic (exact) mass is 357 g/mol. The average Bonchev–Trinajstić information content (AvgIpc) is 2.53. The lowest BCUT2D eigenvalue weighted by Crippen LogP contribution is -2.17. The van der Waals surface area contributed by atoms with Gasteiger partial charge in [-0.1, -0.05) is 49.6 Å². The van der Waals surface area contributed by atoms with Crippen molar-refractivity contribution >= 4 is 11.6 Å². The fraction of sp³-hybridized carbons (Fsp3) is 0.278. The molecule has 0 atom stereocenters. The van der Waals surface area contributed by atoms with Crippen LogP contribution in [0, 0.1) is 6.92 Å². The fourth-order valence-electron chi connectivity index (χ4n) is 2.10. The van der Waals surface area contributed by atoms with Crippen LogP contribution in [-0.2, 0) is 0 Å². The van der Waals surface area contributed by atoms with E-state index < -0.39 is 12.1 Å². The average molecular weight is 358 g/mol. The van der Waals surface area contributed by atoms with E-state index in [9.17, 15) is 13.2 Å². The summed E-state index contributed by atoms with van der Waals surface area (Å²) in [5.41, 5.74) is 1.51. The maximum absolute atomic E-state index is 12.2. The van der Waals surface area contributed by atoms with Crippen molar-refractivity contribution in [3.05, 3.63) is 54.4 Å². The van der Waals surface area contributed by atoms with E-state index in [1.807, 2.05) is 24.3 Å². The van der Waals surface area contributed by atoms with Crippen LogP contribution < -0.4 is 9.47 Å². The van der Waals surface area contributed by atoms with E-state index in [1.54, 1.807) is 0 Å². The van der Waals surface area contributed by atoms with Crippen LogP contribution in [0.1, 0.15) is 19.3 Å². The van der Waals surface area contributed by atoms with Gasteiger partial charge >= 0.3 is 6.36 Å². The maximum atomic E-state index is 12.2. The highest BCUT2D eigenvalue weighted by atomic mass is 35.5. The first-order chi connectivity index (χ1) is 11.4. The van der Waals surface area contributed by atoms with Crippen LogP contribution in [-0.4, -0.2) is 13.0 Å². The highest BCUT2D eigenvalue weighted by Gasteiger charge is 2.32. The fourth-order valence-corrected chi connectivity index (χ4v) is 2.32. The van der Waals surface area contributed by atoms with Crippen molar-refractivity contribution in [2.75, 3.05) is 6.61 Å². The first-order valence-electron chi connectivity index (χ1n) is 7.47. The van der Waals surface area contributed by atoms with Crippen molar-refractivity contribution in [2.45, 2.75) is 25.6 Å². The molecule has 0 aliphatic rings. The number of halogens is 4. The lowest BCUT2D eigenvalue weighted by Gasteiger charge is -2.12.